The molecule has 0 saturated carbocycles. The number of carbonyl (C=O) groups excluding carboxylic acids is 1. The van der Waals surface area contributed by atoms with Gasteiger partial charge in [0.2, 0.25) is 5.43 Å². The van der Waals surface area contributed by atoms with Crippen LogP contribution in [-0.4, -0.2) is 196 Å². The number of nitrogens with zero attached hydrogens (tertiary/aromatic N) is 3. The van der Waals surface area contributed by atoms with E-state index in [4.69, 9.17) is 37.9 Å². The van der Waals surface area contributed by atoms with Crippen LogP contribution in [0.5, 0.6) is 0 Å². The number of rotatable bonds is 19. The maximum atomic E-state index is 14.3. The normalized spacial score (nSPS) is 36.8. The smallest absolute Gasteiger partial charge is 0.341 e. The molecule has 3 aliphatic heterocycles. The van der Waals surface area contributed by atoms with Gasteiger partial charge in [-0.1, -0.05) is 39.0 Å². The number of likely N-dealkylation sites (N-methyl/N-ethyl adjacent to an activating group) is 2. The van der Waals surface area contributed by atoms with E-state index in [-0.39, 0.29) is 42.1 Å². The number of unbranched alkanes of at least 4 members (excludes halogenated alkanes) is 1. The monoisotopic (exact) mass is 1190 g/mol. The minimum Gasteiger partial charge on any atom is -0.477 e. The van der Waals surface area contributed by atoms with Gasteiger partial charge in [-0.05, 0) is 147 Å². The molecule has 432 valence electrons. The first-order valence-electron chi connectivity index (χ1n) is 27.1. The number of carbonyl (C=O) groups is 2. The van der Waals surface area contributed by atoms with Gasteiger partial charge in [0.25, 0.3) is 0 Å². The summed E-state index contributed by atoms with van der Waals surface area (Å²) in [6, 6.07) is 4.66. The van der Waals surface area contributed by atoms with E-state index >= 15 is 0 Å². The van der Waals surface area contributed by atoms with Gasteiger partial charge in [-0.25, -0.2) is 4.79 Å². The minimum absolute atomic E-state index is 0.0194. The molecule has 0 bridgehead atoms. The summed E-state index contributed by atoms with van der Waals surface area (Å²) in [5.74, 6) is -3.86. The number of halogens is 1. The Balaban J connectivity index is 1.22. The number of hydrogen-bond acceptors (Lipinski definition) is 17. The van der Waals surface area contributed by atoms with Gasteiger partial charge in [0.15, 0.2) is 16.7 Å². The zero-order valence-electron chi connectivity index (χ0n) is 47.1. The topological polar surface area (TPSA) is 238 Å². The Morgan fingerprint density at radius 1 is 0.947 bits per heavy atom. The van der Waals surface area contributed by atoms with E-state index in [1.807, 2.05) is 106 Å². The fraction of sp³-hybridized carbons (Fsp3) is 0.768. The molecule has 19 nitrogen and oxygen atoms in total. The average Bonchev–Trinajstić information content (AvgIpc) is 3.34. The minimum atomic E-state index is -1.83. The number of carboxylic acids is 1. The van der Waals surface area contributed by atoms with Crippen molar-refractivity contribution in [2.75, 3.05) is 61.2 Å². The summed E-state index contributed by atoms with van der Waals surface area (Å²) in [6.07, 6.45) is 1.33. The van der Waals surface area contributed by atoms with E-state index in [0.717, 1.165) is 18.4 Å². The summed E-state index contributed by atoms with van der Waals surface area (Å²) in [7, 11) is 7.19. The number of alkyl halides is 1. The van der Waals surface area contributed by atoms with Crippen molar-refractivity contribution < 1.29 is 73.0 Å². The first-order chi connectivity index (χ1) is 35.7. The lowest BCUT2D eigenvalue weighted by Gasteiger charge is -2.48. The molecule has 1 aromatic heterocycles. The van der Waals surface area contributed by atoms with Gasteiger partial charge >= 0.3 is 11.9 Å². The SMILES string of the molecule is COCCn1cc(C(=O)O)c(=O)c2cc(CC=CCOCCCCO[C@H]3[C@H](C)O[C@@H](OC4[C@@H](C)C(=O)O[C@H](I)[C@@](C)(O)[C@H](O)[C@@H](C)N(C)C[C@H](C)C[C@@](C)(O)[C@H](O[C@@H]5O[C@H](C)C[C@H](N(C)C)C5O)[C@H]4C)C[C@@H]3C)ccc21. The van der Waals surface area contributed by atoms with Crippen LogP contribution < -0.4 is 5.43 Å². The Kier molecular flexibility index (Phi) is 24.2. The first kappa shape index (κ1) is 64.1. The van der Waals surface area contributed by atoms with Gasteiger partial charge in [0.1, 0.15) is 23.4 Å². The fourth-order valence-corrected chi connectivity index (χ4v) is 11.9. The third kappa shape index (κ3) is 16.5. The van der Waals surface area contributed by atoms with Crippen LogP contribution in [0.15, 0.2) is 41.3 Å². The first-order valence-corrected chi connectivity index (χ1v) is 28.3. The highest BCUT2D eigenvalue weighted by Gasteiger charge is 2.51. The van der Waals surface area contributed by atoms with E-state index in [9.17, 15) is 39.9 Å². The van der Waals surface area contributed by atoms with Gasteiger partial charge in [0.05, 0.1) is 60.8 Å². The van der Waals surface area contributed by atoms with Crippen molar-refractivity contribution in [1.82, 2.24) is 14.4 Å². The van der Waals surface area contributed by atoms with Crippen molar-refractivity contribution >= 4 is 45.4 Å². The molecule has 0 spiro atoms. The number of cyclic esters (lactones) is 1. The molecular formula is C56H90IN3O16. The van der Waals surface area contributed by atoms with Crippen LogP contribution in [0.4, 0.5) is 0 Å². The number of esters is 1. The lowest BCUT2D eigenvalue weighted by Crippen LogP contribution is -2.59. The van der Waals surface area contributed by atoms with Crippen LogP contribution in [0, 0.1) is 23.7 Å². The number of fused-ring (bicyclic) bond motifs is 1. The molecule has 20 heteroatoms. The molecule has 5 rings (SSSR count). The standard InChI is InChI=1S/C56H90IN3O16/c1-32-29-55(8,67)50(75-53-46(62)43(58(10)11)27-34(3)72-53)35(4)48(36(5)52(66)76-54(57)56(9,68)49(63)37(6)59(12)30-32)74-44-26-33(2)47(38(7)73-44)71-24-17-16-23-70-22-15-14-18-39-19-20-42-40(28-39)45(61)41(51(64)65)31-60(42)21-25-69-13/h14-15,19-20,28,31-38,43-44,46-50,53-54,62-63,67-68H,16-18,21-27,29-30H2,1-13H3,(H,64,65)/t32-,33+,34-,35+,36-,37-,38+,43+,44+,46?,47-,48?,49-,50-,53+,54+,55-,56+/m1/s1. The fourth-order valence-electron chi connectivity index (χ4n) is 11.3. The number of aliphatic hydroxyl groups is 4. The van der Waals surface area contributed by atoms with Crippen LogP contribution in [0.3, 0.4) is 0 Å². The predicted molar refractivity (Wildman–Crippen MR) is 295 cm³/mol. The summed E-state index contributed by atoms with van der Waals surface area (Å²) >= 11 is 1.85. The Labute approximate surface area is 463 Å². The summed E-state index contributed by atoms with van der Waals surface area (Å²) < 4.78 is 50.5. The van der Waals surface area contributed by atoms with E-state index in [2.05, 4.69) is 6.92 Å². The summed E-state index contributed by atoms with van der Waals surface area (Å²) in [6.45, 7) is 19.0. The number of aliphatic hydroxyl groups excluding tert-OH is 2. The third-order valence-electron chi connectivity index (χ3n) is 15.7. The van der Waals surface area contributed by atoms with E-state index in [1.54, 1.807) is 38.5 Å². The van der Waals surface area contributed by atoms with Crippen molar-refractivity contribution in [3.63, 3.8) is 0 Å². The maximum Gasteiger partial charge on any atom is 0.341 e. The number of aromatic nitrogens is 1. The van der Waals surface area contributed by atoms with Crippen LogP contribution in [0.2, 0.25) is 0 Å². The molecule has 2 aromatic rings. The maximum absolute atomic E-state index is 14.3. The van der Waals surface area contributed by atoms with Crippen LogP contribution in [0.1, 0.15) is 110 Å². The number of hydrogen-bond donors (Lipinski definition) is 5. The Hall–Kier alpha value is -2.68. The molecule has 0 radical (unpaired) electrons. The molecule has 1 aromatic carbocycles. The summed E-state index contributed by atoms with van der Waals surface area (Å²) in [5.41, 5.74) is -2.67. The quantitative estimate of drug-likeness (QED) is 0.0390. The van der Waals surface area contributed by atoms with Crippen LogP contribution in [-0.2, 0) is 55.7 Å². The van der Waals surface area contributed by atoms with Gasteiger partial charge in [-0.15, -0.1) is 0 Å². The Morgan fingerprint density at radius 3 is 2.30 bits per heavy atom. The van der Waals surface area contributed by atoms with Crippen molar-refractivity contribution in [1.29, 1.82) is 0 Å². The Bertz CT molecular complexity index is 2250. The van der Waals surface area contributed by atoms with E-state index < -0.39 is 93.7 Å². The lowest BCUT2D eigenvalue weighted by molar-refractivity contribution is -0.310. The van der Waals surface area contributed by atoms with Gasteiger partial charge in [-0.3, -0.25) is 9.59 Å². The number of allylic oxidation sites excluding steroid dienone is 1. The predicted octanol–water partition coefficient (Wildman–Crippen LogP) is 5.39. The highest BCUT2D eigenvalue weighted by Crippen LogP contribution is 2.40. The Morgan fingerprint density at radius 2 is 1.64 bits per heavy atom. The zero-order valence-corrected chi connectivity index (χ0v) is 49.3. The average molecular weight is 1190 g/mol. The van der Waals surface area contributed by atoms with Crippen molar-refractivity contribution in [3.05, 3.63) is 57.9 Å². The summed E-state index contributed by atoms with van der Waals surface area (Å²) in [4.78, 5) is 43.0. The number of carboxylic acid groups (broad SMARTS) is 1. The largest absolute Gasteiger partial charge is 0.477 e. The third-order valence-corrected chi connectivity index (χ3v) is 17.2. The zero-order chi connectivity index (χ0) is 56.4. The second-order valence-corrected chi connectivity index (χ2v) is 23.8. The van der Waals surface area contributed by atoms with Gasteiger partial charge in [-0.2, -0.15) is 0 Å². The molecule has 3 aliphatic rings. The van der Waals surface area contributed by atoms with Crippen LogP contribution in [0.25, 0.3) is 10.9 Å². The molecule has 5 N–H and O–H groups in total. The highest BCUT2D eigenvalue weighted by atomic mass is 127. The van der Waals surface area contributed by atoms with Crippen molar-refractivity contribution in [3.8, 4) is 0 Å². The second kappa shape index (κ2) is 28.6. The van der Waals surface area contributed by atoms with Crippen molar-refractivity contribution in [2.24, 2.45) is 23.7 Å². The molecule has 76 heavy (non-hydrogen) atoms. The number of benzene rings is 1. The summed E-state index contributed by atoms with van der Waals surface area (Å²) in [5, 5.41) is 57.6. The van der Waals surface area contributed by atoms with Gasteiger partial charge < -0.3 is 77.8 Å². The molecule has 3 fully saturated rings. The lowest BCUT2D eigenvalue weighted by atomic mass is 9.77. The molecule has 18 atom stereocenters. The highest BCUT2D eigenvalue weighted by molar-refractivity contribution is 14.1. The number of pyridine rings is 1. The van der Waals surface area contributed by atoms with E-state index in [0.29, 0.717) is 69.7 Å². The van der Waals surface area contributed by atoms with E-state index in [1.165, 1.54) is 13.1 Å². The molecular weight excluding hydrogens is 1100 g/mol. The molecule has 3 saturated heterocycles. The number of aromatic carboxylic acids is 1. The van der Waals surface area contributed by atoms with Crippen LogP contribution >= 0.6 is 22.6 Å². The van der Waals surface area contributed by atoms with Gasteiger partial charge in [0, 0.05) is 69.4 Å². The van der Waals surface area contributed by atoms with Crippen molar-refractivity contribution in [2.45, 2.75) is 190 Å². The molecule has 4 heterocycles. The number of ether oxygens (including phenoxy) is 8. The molecule has 2 unspecified atom stereocenters. The number of methoxy groups -OCH3 is 1. The molecule has 0 aliphatic carbocycles. The molecule has 0 amide bonds. The second-order valence-electron chi connectivity index (χ2n) is 22.6.